The Labute approximate surface area is 194 Å². The summed E-state index contributed by atoms with van der Waals surface area (Å²) >= 11 is 0. The monoisotopic (exact) mass is 459 g/mol. The van der Waals surface area contributed by atoms with Crippen LogP contribution in [0.15, 0.2) is 30.3 Å². The lowest BCUT2D eigenvalue weighted by Crippen LogP contribution is -2.52. The highest BCUT2D eigenvalue weighted by Gasteiger charge is 2.26. The van der Waals surface area contributed by atoms with Crippen LogP contribution in [0.3, 0.4) is 0 Å². The highest BCUT2D eigenvalue weighted by atomic mass is 16.2. The number of benzene rings is 1. The van der Waals surface area contributed by atoms with E-state index in [1.165, 1.54) is 16.7 Å². The summed E-state index contributed by atoms with van der Waals surface area (Å²) in [5.74, 6) is -1.88. The van der Waals surface area contributed by atoms with Crippen molar-refractivity contribution in [3.63, 3.8) is 0 Å². The van der Waals surface area contributed by atoms with Gasteiger partial charge in [-0.3, -0.25) is 24.0 Å². The Hall–Kier alpha value is -3.43. The summed E-state index contributed by atoms with van der Waals surface area (Å²) in [5, 5.41) is 7.83. The molecule has 0 unspecified atom stereocenters. The first-order valence-corrected chi connectivity index (χ1v) is 11.1. The van der Waals surface area contributed by atoms with Crippen LogP contribution in [-0.2, 0) is 30.5 Å². The topological polar surface area (TPSA) is 128 Å². The van der Waals surface area contributed by atoms with E-state index in [0.717, 1.165) is 5.56 Å². The molecule has 0 bridgehead atoms. The second-order valence-electron chi connectivity index (χ2n) is 8.28. The maximum Gasteiger partial charge on any atom is 0.242 e. The molecule has 1 heterocycles. The van der Waals surface area contributed by atoms with Crippen LogP contribution in [0.4, 0.5) is 0 Å². The standard InChI is InChI=1S/C23H33N5O5/c1-16(2)28-14-20(30)26-17(3)23(33)25-11-9-19(29)24-12-10-21(31)27(15-22(28)32)13-18-7-5-4-6-8-18/h4-8,16-17H,9-15H2,1-3H3,(H,24,29)(H,25,33)(H,26,30)/t17-/m0/s1. The lowest BCUT2D eigenvalue weighted by molar-refractivity contribution is -0.144. The first-order valence-electron chi connectivity index (χ1n) is 11.1. The van der Waals surface area contributed by atoms with E-state index < -0.39 is 17.9 Å². The molecular weight excluding hydrogens is 426 g/mol. The van der Waals surface area contributed by atoms with Crippen molar-refractivity contribution in [1.82, 2.24) is 25.8 Å². The van der Waals surface area contributed by atoms with Gasteiger partial charge in [-0.15, -0.1) is 0 Å². The average molecular weight is 460 g/mol. The van der Waals surface area contributed by atoms with Crippen molar-refractivity contribution in [2.24, 2.45) is 0 Å². The maximum atomic E-state index is 13.1. The minimum absolute atomic E-state index is 0.0252. The average Bonchev–Trinajstić information content (AvgIpc) is 2.76. The molecule has 180 valence electrons. The number of nitrogens with one attached hydrogen (secondary N) is 3. The molecule has 33 heavy (non-hydrogen) atoms. The molecule has 10 nitrogen and oxygen atoms in total. The molecule has 0 saturated carbocycles. The van der Waals surface area contributed by atoms with E-state index in [1.807, 2.05) is 30.3 Å². The Balaban J connectivity index is 2.24. The second-order valence-corrected chi connectivity index (χ2v) is 8.28. The number of hydrogen-bond donors (Lipinski definition) is 3. The van der Waals surface area contributed by atoms with Gasteiger partial charge in [0.15, 0.2) is 0 Å². The van der Waals surface area contributed by atoms with Gasteiger partial charge in [-0.05, 0) is 26.3 Å². The number of carbonyl (C=O) groups is 5. The van der Waals surface area contributed by atoms with Crippen molar-refractivity contribution < 1.29 is 24.0 Å². The molecule has 0 aromatic heterocycles. The molecule has 1 aromatic rings. The number of amides is 5. The second kappa shape index (κ2) is 12.6. The molecule has 1 aliphatic heterocycles. The van der Waals surface area contributed by atoms with Crippen LogP contribution in [-0.4, -0.2) is 77.6 Å². The predicted molar refractivity (Wildman–Crippen MR) is 122 cm³/mol. The zero-order valence-corrected chi connectivity index (χ0v) is 19.4. The van der Waals surface area contributed by atoms with Gasteiger partial charge in [0.2, 0.25) is 29.5 Å². The molecule has 5 amide bonds. The van der Waals surface area contributed by atoms with Crippen LogP contribution >= 0.6 is 0 Å². The Morgan fingerprint density at radius 1 is 0.879 bits per heavy atom. The molecule has 0 aliphatic carbocycles. The van der Waals surface area contributed by atoms with Gasteiger partial charge in [-0.2, -0.15) is 0 Å². The third-order valence-corrected chi connectivity index (χ3v) is 5.24. The smallest absolute Gasteiger partial charge is 0.242 e. The summed E-state index contributed by atoms with van der Waals surface area (Å²) in [7, 11) is 0. The molecule has 1 fully saturated rings. The quantitative estimate of drug-likeness (QED) is 0.576. The molecule has 1 aliphatic rings. The van der Waals surface area contributed by atoms with Crippen LogP contribution in [0.1, 0.15) is 39.2 Å². The van der Waals surface area contributed by atoms with Gasteiger partial charge in [0.1, 0.15) is 12.6 Å². The maximum absolute atomic E-state index is 13.1. The minimum Gasteiger partial charge on any atom is -0.356 e. The van der Waals surface area contributed by atoms with E-state index >= 15 is 0 Å². The normalized spacial score (nSPS) is 20.2. The first-order chi connectivity index (χ1) is 15.7. The van der Waals surface area contributed by atoms with E-state index in [2.05, 4.69) is 16.0 Å². The third-order valence-electron chi connectivity index (χ3n) is 5.24. The Morgan fingerprint density at radius 2 is 1.55 bits per heavy atom. The van der Waals surface area contributed by atoms with E-state index in [-0.39, 0.29) is 69.3 Å². The molecule has 1 saturated heterocycles. The fourth-order valence-electron chi connectivity index (χ4n) is 3.36. The van der Waals surface area contributed by atoms with Crippen molar-refractivity contribution >= 4 is 29.5 Å². The fourth-order valence-corrected chi connectivity index (χ4v) is 3.36. The molecule has 1 atom stereocenters. The van der Waals surface area contributed by atoms with Gasteiger partial charge < -0.3 is 25.8 Å². The van der Waals surface area contributed by atoms with Gasteiger partial charge in [0.25, 0.3) is 0 Å². The SMILES string of the molecule is CC(C)N1CC(=O)N[C@@H](C)C(=O)NCCC(=O)NCCC(=O)N(Cc2ccccc2)CC1=O. The molecule has 0 spiro atoms. The number of rotatable bonds is 3. The third kappa shape index (κ3) is 8.55. The lowest BCUT2D eigenvalue weighted by atomic mass is 10.2. The number of nitrogens with zero attached hydrogens (tertiary/aromatic N) is 2. The number of carbonyl (C=O) groups excluding carboxylic acids is 5. The highest BCUT2D eigenvalue weighted by Crippen LogP contribution is 2.09. The van der Waals surface area contributed by atoms with Crippen LogP contribution in [0.5, 0.6) is 0 Å². The first kappa shape index (κ1) is 25.8. The zero-order chi connectivity index (χ0) is 24.4. The van der Waals surface area contributed by atoms with Crippen molar-refractivity contribution in [3.05, 3.63) is 35.9 Å². The molecule has 2 rings (SSSR count). The van der Waals surface area contributed by atoms with Gasteiger partial charge >= 0.3 is 0 Å². The zero-order valence-electron chi connectivity index (χ0n) is 19.4. The molecule has 0 radical (unpaired) electrons. The van der Waals surface area contributed by atoms with Crippen LogP contribution in [0.25, 0.3) is 0 Å². The van der Waals surface area contributed by atoms with Crippen LogP contribution in [0, 0.1) is 0 Å². The van der Waals surface area contributed by atoms with Gasteiger partial charge in [0.05, 0.1) is 6.54 Å². The van der Waals surface area contributed by atoms with Crippen LogP contribution in [0.2, 0.25) is 0 Å². The fraction of sp³-hybridized carbons (Fsp3) is 0.522. The van der Waals surface area contributed by atoms with Crippen molar-refractivity contribution in [1.29, 1.82) is 0 Å². The summed E-state index contributed by atoms with van der Waals surface area (Å²) in [5.41, 5.74) is 0.862. The molecule has 10 heteroatoms. The Morgan fingerprint density at radius 3 is 2.21 bits per heavy atom. The predicted octanol–water partition coefficient (Wildman–Crippen LogP) is -0.217. The summed E-state index contributed by atoms with van der Waals surface area (Å²) < 4.78 is 0. The Kier molecular flexibility index (Phi) is 9.84. The van der Waals surface area contributed by atoms with E-state index in [4.69, 9.17) is 0 Å². The van der Waals surface area contributed by atoms with E-state index in [1.54, 1.807) is 13.8 Å². The largest absolute Gasteiger partial charge is 0.356 e. The summed E-state index contributed by atoms with van der Waals surface area (Å²) in [6, 6.07) is 8.18. The minimum atomic E-state index is -0.823. The summed E-state index contributed by atoms with van der Waals surface area (Å²) in [4.78, 5) is 65.5. The van der Waals surface area contributed by atoms with Crippen molar-refractivity contribution in [3.8, 4) is 0 Å². The Bertz CT molecular complexity index is 858. The van der Waals surface area contributed by atoms with Gasteiger partial charge in [0, 0.05) is 38.5 Å². The van der Waals surface area contributed by atoms with E-state index in [9.17, 15) is 24.0 Å². The van der Waals surface area contributed by atoms with Crippen molar-refractivity contribution in [2.75, 3.05) is 26.2 Å². The molecule has 3 N–H and O–H groups in total. The summed E-state index contributed by atoms with van der Waals surface area (Å²) in [6.45, 7) is 5.11. The van der Waals surface area contributed by atoms with Gasteiger partial charge in [-0.1, -0.05) is 30.3 Å². The molecule has 1 aromatic carbocycles. The van der Waals surface area contributed by atoms with Crippen LogP contribution < -0.4 is 16.0 Å². The number of hydrogen-bond acceptors (Lipinski definition) is 5. The van der Waals surface area contributed by atoms with Gasteiger partial charge in [-0.25, -0.2) is 0 Å². The van der Waals surface area contributed by atoms with E-state index in [0.29, 0.717) is 0 Å². The lowest BCUT2D eigenvalue weighted by Gasteiger charge is -2.30. The molecular formula is C23H33N5O5. The van der Waals surface area contributed by atoms with Crippen molar-refractivity contribution in [2.45, 2.75) is 52.2 Å². The summed E-state index contributed by atoms with van der Waals surface area (Å²) in [6.07, 6.45) is 0.0748. The highest BCUT2D eigenvalue weighted by molar-refractivity contribution is 5.91.